The fourth-order valence-electron chi connectivity index (χ4n) is 1.24. The lowest BCUT2D eigenvalue weighted by molar-refractivity contribution is 0.564. The molecule has 2 N–H and O–H groups in total. The van der Waals surface area contributed by atoms with Crippen LogP contribution in [0, 0.1) is 19.7 Å². The summed E-state index contributed by atoms with van der Waals surface area (Å²) >= 11 is 3.17. The summed E-state index contributed by atoms with van der Waals surface area (Å²) in [5.41, 5.74) is 0.928. The van der Waals surface area contributed by atoms with Gasteiger partial charge in [0.1, 0.15) is 10.7 Å². The molecule has 0 saturated carbocycles. The van der Waals surface area contributed by atoms with Gasteiger partial charge in [-0.05, 0) is 31.0 Å². The fraction of sp³-hybridized carbons (Fsp3) is 0.250. The van der Waals surface area contributed by atoms with E-state index >= 15 is 0 Å². The first-order valence-electron chi connectivity index (χ1n) is 3.73. The summed E-state index contributed by atoms with van der Waals surface area (Å²) < 4.78 is 36.0. The van der Waals surface area contributed by atoms with Crippen molar-refractivity contribution in [1.29, 1.82) is 0 Å². The monoisotopic (exact) mass is 281 g/mol. The smallest absolute Gasteiger partial charge is 0.225 e. The molecule has 0 aliphatic heterocycles. The highest BCUT2D eigenvalue weighted by atomic mass is 79.9. The second kappa shape index (κ2) is 3.60. The van der Waals surface area contributed by atoms with Crippen LogP contribution in [0.1, 0.15) is 11.1 Å². The van der Waals surface area contributed by atoms with E-state index in [9.17, 15) is 12.8 Å². The number of rotatable bonds is 1. The first-order chi connectivity index (χ1) is 6.25. The molecule has 0 atom stereocenters. The van der Waals surface area contributed by atoms with Crippen LogP contribution in [-0.4, -0.2) is 8.42 Å². The summed E-state index contributed by atoms with van der Waals surface area (Å²) in [6.45, 7) is 3.17. The first-order valence-corrected chi connectivity index (χ1v) is 6.07. The van der Waals surface area contributed by atoms with E-state index in [1.54, 1.807) is 6.92 Å². The van der Waals surface area contributed by atoms with Gasteiger partial charge in [0.15, 0.2) is 0 Å². The van der Waals surface area contributed by atoms with Crippen molar-refractivity contribution in [2.24, 2.45) is 5.14 Å². The molecular formula is C8H9BrFNO2S. The van der Waals surface area contributed by atoms with Crippen LogP contribution >= 0.6 is 15.9 Å². The summed E-state index contributed by atoms with van der Waals surface area (Å²) in [6, 6.07) is 1.14. The number of hydrogen-bond acceptors (Lipinski definition) is 2. The minimum atomic E-state index is -4.01. The van der Waals surface area contributed by atoms with Crippen molar-refractivity contribution in [2.45, 2.75) is 18.7 Å². The summed E-state index contributed by atoms with van der Waals surface area (Å²) in [6.07, 6.45) is 0. The van der Waals surface area contributed by atoms with Crippen molar-refractivity contribution >= 4 is 26.0 Å². The number of sulfonamides is 1. The number of nitrogens with two attached hydrogens (primary N) is 1. The molecule has 3 nitrogen and oxygen atoms in total. The number of halogens is 2. The largest absolute Gasteiger partial charge is 0.241 e. The van der Waals surface area contributed by atoms with E-state index in [1.807, 2.05) is 0 Å². The highest BCUT2D eigenvalue weighted by molar-refractivity contribution is 9.10. The Morgan fingerprint density at radius 3 is 2.36 bits per heavy atom. The Hall–Kier alpha value is -0.460. The van der Waals surface area contributed by atoms with Crippen LogP contribution < -0.4 is 5.14 Å². The van der Waals surface area contributed by atoms with Crippen LogP contribution in [-0.2, 0) is 10.0 Å². The van der Waals surface area contributed by atoms with Crippen LogP contribution in [0.25, 0.3) is 0 Å². The predicted molar refractivity (Wildman–Crippen MR) is 54.9 cm³/mol. The second-order valence-corrected chi connectivity index (χ2v) is 5.28. The molecule has 0 aromatic heterocycles. The lowest BCUT2D eigenvalue weighted by Crippen LogP contribution is -2.16. The molecule has 1 aromatic carbocycles. The normalized spacial score (nSPS) is 11.8. The molecule has 0 bridgehead atoms. The minimum absolute atomic E-state index is 0.296. The van der Waals surface area contributed by atoms with Crippen molar-refractivity contribution in [3.8, 4) is 0 Å². The molecule has 0 spiro atoms. The SMILES string of the molecule is Cc1cc(F)c(S(N)(=O)=O)c(C)c1Br. The third-order valence-electron chi connectivity index (χ3n) is 1.86. The van der Waals surface area contributed by atoms with Crippen molar-refractivity contribution in [1.82, 2.24) is 0 Å². The summed E-state index contributed by atoms with van der Waals surface area (Å²) in [4.78, 5) is -0.449. The first kappa shape index (κ1) is 11.6. The van der Waals surface area contributed by atoms with E-state index in [1.165, 1.54) is 6.92 Å². The Morgan fingerprint density at radius 1 is 1.43 bits per heavy atom. The van der Waals surface area contributed by atoms with Gasteiger partial charge in [0.2, 0.25) is 10.0 Å². The van der Waals surface area contributed by atoms with Crippen molar-refractivity contribution in [3.63, 3.8) is 0 Å². The average molecular weight is 282 g/mol. The molecule has 1 rings (SSSR count). The van der Waals surface area contributed by atoms with Gasteiger partial charge in [-0.3, -0.25) is 0 Å². The molecule has 0 saturated heterocycles. The van der Waals surface area contributed by atoms with Crippen molar-refractivity contribution < 1.29 is 12.8 Å². The van der Waals surface area contributed by atoms with Crippen molar-refractivity contribution in [2.75, 3.05) is 0 Å². The molecule has 0 aliphatic rings. The highest BCUT2D eigenvalue weighted by Gasteiger charge is 2.20. The maximum Gasteiger partial charge on any atom is 0.241 e. The third kappa shape index (κ3) is 1.97. The Balaban J connectivity index is 3.70. The van der Waals surface area contributed by atoms with Crippen LogP contribution in [0.5, 0.6) is 0 Å². The lowest BCUT2D eigenvalue weighted by Gasteiger charge is -2.09. The molecule has 0 heterocycles. The van der Waals surface area contributed by atoms with E-state index in [0.29, 0.717) is 15.6 Å². The Bertz CT molecular complexity index is 485. The van der Waals surface area contributed by atoms with Crippen LogP contribution in [0.15, 0.2) is 15.4 Å². The molecule has 0 amide bonds. The van der Waals surface area contributed by atoms with Gasteiger partial charge in [-0.15, -0.1) is 0 Å². The van der Waals surface area contributed by atoms with E-state index in [0.717, 1.165) is 6.07 Å². The van der Waals surface area contributed by atoms with E-state index in [4.69, 9.17) is 5.14 Å². The lowest BCUT2D eigenvalue weighted by atomic mass is 10.1. The number of hydrogen-bond donors (Lipinski definition) is 1. The quantitative estimate of drug-likeness (QED) is 0.854. The molecule has 78 valence electrons. The van der Waals surface area contributed by atoms with Crippen molar-refractivity contribution in [3.05, 3.63) is 27.5 Å². The highest BCUT2D eigenvalue weighted by Crippen LogP contribution is 2.28. The zero-order valence-corrected chi connectivity index (χ0v) is 10.0. The fourth-order valence-corrected chi connectivity index (χ4v) is 2.55. The van der Waals surface area contributed by atoms with Crippen LogP contribution in [0.4, 0.5) is 4.39 Å². The van der Waals surface area contributed by atoms with Gasteiger partial charge in [0, 0.05) is 4.47 Å². The van der Waals surface area contributed by atoms with Gasteiger partial charge in [-0.2, -0.15) is 0 Å². The summed E-state index contributed by atoms with van der Waals surface area (Å²) in [5, 5.41) is 4.89. The molecule has 14 heavy (non-hydrogen) atoms. The van der Waals surface area contributed by atoms with Gasteiger partial charge in [0.05, 0.1) is 0 Å². The van der Waals surface area contributed by atoms with Gasteiger partial charge in [-0.1, -0.05) is 15.9 Å². The number of primary sulfonamides is 1. The van der Waals surface area contributed by atoms with E-state index in [2.05, 4.69) is 15.9 Å². The van der Waals surface area contributed by atoms with Crippen LogP contribution in [0.2, 0.25) is 0 Å². The summed E-state index contributed by atoms with van der Waals surface area (Å²) in [5.74, 6) is -0.814. The van der Waals surface area contributed by atoms with E-state index in [-0.39, 0.29) is 0 Å². The zero-order valence-electron chi connectivity index (χ0n) is 7.64. The molecule has 6 heteroatoms. The van der Waals surface area contributed by atoms with E-state index < -0.39 is 20.7 Å². The second-order valence-electron chi connectivity index (χ2n) is 2.99. The zero-order chi connectivity index (χ0) is 11.1. The predicted octanol–water partition coefficient (Wildman–Crippen LogP) is 1.85. The molecule has 0 radical (unpaired) electrons. The molecule has 1 aromatic rings. The average Bonchev–Trinajstić information content (AvgIpc) is 1.97. The van der Waals surface area contributed by atoms with Gasteiger partial charge < -0.3 is 0 Å². The van der Waals surface area contributed by atoms with Gasteiger partial charge in [-0.25, -0.2) is 17.9 Å². The van der Waals surface area contributed by atoms with Crippen LogP contribution in [0.3, 0.4) is 0 Å². The Morgan fingerprint density at radius 2 is 1.93 bits per heavy atom. The number of aryl methyl sites for hydroxylation is 1. The minimum Gasteiger partial charge on any atom is -0.225 e. The molecular weight excluding hydrogens is 273 g/mol. The standard InChI is InChI=1S/C8H9BrFNO2S/c1-4-3-6(10)8(14(11,12)13)5(2)7(4)9/h3H,1-2H3,(H2,11,12,13). The van der Waals surface area contributed by atoms with Gasteiger partial charge in [0.25, 0.3) is 0 Å². The topological polar surface area (TPSA) is 60.2 Å². The maximum absolute atomic E-state index is 13.3. The van der Waals surface area contributed by atoms with Gasteiger partial charge >= 0.3 is 0 Å². The third-order valence-corrected chi connectivity index (χ3v) is 4.15. The molecule has 0 unspecified atom stereocenters. The summed E-state index contributed by atoms with van der Waals surface area (Å²) in [7, 11) is -4.01. The maximum atomic E-state index is 13.3. The Labute approximate surface area is 90.3 Å². The molecule has 0 aliphatic carbocycles. The Kier molecular flexibility index (Phi) is 2.99. The molecule has 0 fully saturated rings. The number of benzene rings is 1.